The van der Waals surface area contributed by atoms with E-state index in [1.165, 1.54) is 12.1 Å². The molecule has 0 amide bonds. The molecule has 118 valence electrons. The maximum atomic E-state index is 12.3. The first-order valence-electron chi connectivity index (χ1n) is 6.86. The molecule has 0 spiro atoms. The first-order chi connectivity index (χ1) is 11.0. The van der Waals surface area contributed by atoms with Crippen LogP contribution in [0.5, 0.6) is 0 Å². The zero-order valence-electron chi connectivity index (χ0n) is 12.2. The van der Waals surface area contributed by atoms with Crippen LogP contribution in [-0.2, 0) is 14.8 Å². The molecule has 0 heterocycles. The van der Waals surface area contributed by atoms with Crippen LogP contribution in [0.25, 0.3) is 0 Å². The van der Waals surface area contributed by atoms with Gasteiger partial charge >= 0.3 is 5.97 Å². The number of hydrogen-bond donors (Lipinski definition) is 2. The van der Waals surface area contributed by atoms with Gasteiger partial charge in [0.2, 0.25) is 0 Å². The first-order valence-corrected chi connectivity index (χ1v) is 8.35. The van der Waals surface area contributed by atoms with E-state index in [0.717, 1.165) is 0 Å². The number of carboxylic acids is 1. The van der Waals surface area contributed by atoms with Crippen molar-refractivity contribution in [3.63, 3.8) is 0 Å². The highest BCUT2D eigenvalue weighted by Crippen LogP contribution is 2.19. The molecule has 0 aromatic heterocycles. The van der Waals surface area contributed by atoms with Gasteiger partial charge in [-0.15, -0.1) is 0 Å². The Labute approximate surface area is 135 Å². The average Bonchev–Trinajstić information content (AvgIpc) is 2.53. The summed E-state index contributed by atoms with van der Waals surface area (Å²) < 4.78 is 27.2. The van der Waals surface area contributed by atoms with Crippen LogP contribution < -0.4 is 4.72 Å². The Morgan fingerprint density at radius 1 is 1.04 bits per heavy atom. The Hall–Kier alpha value is -2.78. The van der Waals surface area contributed by atoms with Crippen LogP contribution in [0.1, 0.15) is 18.4 Å². The van der Waals surface area contributed by atoms with Crippen LogP contribution in [0.3, 0.4) is 0 Å². The number of para-hydroxylation sites is 1. The zero-order valence-corrected chi connectivity index (χ0v) is 13.0. The molecular weight excluding hydrogens is 314 g/mol. The number of benzene rings is 2. The van der Waals surface area contributed by atoms with Gasteiger partial charge in [-0.2, -0.15) is 0 Å². The molecule has 0 fully saturated rings. The molecule has 0 aliphatic rings. The van der Waals surface area contributed by atoms with Crippen molar-refractivity contribution in [2.45, 2.75) is 17.7 Å². The fourth-order valence-corrected chi connectivity index (χ4v) is 2.91. The van der Waals surface area contributed by atoms with Gasteiger partial charge in [-0.3, -0.25) is 9.52 Å². The predicted molar refractivity (Wildman–Crippen MR) is 87.4 cm³/mol. The number of carbonyl (C=O) groups is 1. The van der Waals surface area contributed by atoms with E-state index >= 15 is 0 Å². The van der Waals surface area contributed by atoms with Crippen LogP contribution in [0.15, 0.2) is 59.5 Å². The van der Waals surface area contributed by atoms with Crippen molar-refractivity contribution < 1.29 is 18.3 Å². The third kappa shape index (κ3) is 4.87. The number of hydrogen-bond acceptors (Lipinski definition) is 3. The molecule has 6 heteroatoms. The van der Waals surface area contributed by atoms with E-state index in [9.17, 15) is 13.2 Å². The Balaban J connectivity index is 2.22. The third-order valence-electron chi connectivity index (χ3n) is 2.91. The van der Waals surface area contributed by atoms with Gasteiger partial charge in [-0.25, -0.2) is 8.42 Å². The molecule has 2 aromatic rings. The number of carboxylic acid groups (broad SMARTS) is 1. The molecule has 0 radical (unpaired) electrons. The molecule has 0 aliphatic heterocycles. The Morgan fingerprint density at radius 3 is 2.39 bits per heavy atom. The van der Waals surface area contributed by atoms with Gasteiger partial charge in [0.05, 0.1) is 17.0 Å². The molecule has 0 bridgehead atoms. The third-order valence-corrected chi connectivity index (χ3v) is 4.29. The maximum Gasteiger partial charge on any atom is 0.304 e. The lowest BCUT2D eigenvalue weighted by Gasteiger charge is -2.09. The van der Waals surface area contributed by atoms with Crippen LogP contribution in [0.4, 0.5) is 5.69 Å². The number of rotatable bonds is 5. The van der Waals surface area contributed by atoms with Crippen molar-refractivity contribution in [2.75, 3.05) is 4.72 Å². The van der Waals surface area contributed by atoms with Crippen molar-refractivity contribution in [3.8, 4) is 11.8 Å². The normalized spacial score (nSPS) is 10.4. The summed E-state index contributed by atoms with van der Waals surface area (Å²) in [5.41, 5.74) is 0.858. The van der Waals surface area contributed by atoms with Crippen LogP contribution >= 0.6 is 0 Å². The highest BCUT2D eigenvalue weighted by Gasteiger charge is 2.14. The smallest absolute Gasteiger partial charge is 0.304 e. The van der Waals surface area contributed by atoms with Crippen molar-refractivity contribution >= 4 is 21.7 Å². The predicted octanol–water partition coefficient (Wildman–Crippen LogP) is 2.70. The molecule has 0 aliphatic carbocycles. The molecule has 2 aromatic carbocycles. The van der Waals surface area contributed by atoms with Gasteiger partial charge in [-0.05, 0) is 24.3 Å². The van der Waals surface area contributed by atoms with Crippen molar-refractivity contribution in [1.29, 1.82) is 0 Å². The van der Waals surface area contributed by atoms with Crippen molar-refractivity contribution in [2.24, 2.45) is 0 Å². The lowest BCUT2D eigenvalue weighted by atomic mass is 10.2. The molecule has 0 saturated carbocycles. The van der Waals surface area contributed by atoms with E-state index in [4.69, 9.17) is 5.11 Å². The van der Waals surface area contributed by atoms with Gasteiger partial charge in [0.1, 0.15) is 0 Å². The van der Waals surface area contributed by atoms with Crippen LogP contribution in [0, 0.1) is 11.8 Å². The topological polar surface area (TPSA) is 83.5 Å². The highest BCUT2D eigenvalue weighted by molar-refractivity contribution is 7.92. The number of anilines is 1. The number of sulfonamides is 1. The Bertz CT molecular complexity index is 849. The molecule has 2 N–H and O–H groups in total. The minimum atomic E-state index is -3.69. The summed E-state index contributed by atoms with van der Waals surface area (Å²) in [6, 6.07) is 14.8. The second-order valence-electron chi connectivity index (χ2n) is 4.66. The summed E-state index contributed by atoms with van der Waals surface area (Å²) >= 11 is 0. The van der Waals surface area contributed by atoms with E-state index in [0.29, 0.717) is 11.3 Å². The minimum absolute atomic E-state index is 0.0507. The quantitative estimate of drug-likeness (QED) is 0.826. The summed E-state index contributed by atoms with van der Waals surface area (Å²) in [6.07, 6.45) is 0.153. The molecule has 23 heavy (non-hydrogen) atoms. The molecule has 0 saturated heterocycles. The fraction of sp³-hybridized carbons (Fsp3) is 0.118. The second-order valence-corrected chi connectivity index (χ2v) is 6.34. The second kappa shape index (κ2) is 7.47. The molecule has 2 rings (SSSR count). The summed E-state index contributed by atoms with van der Waals surface area (Å²) in [7, 11) is -3.69. The van der Waals surface area contributed by atoms with Gasteiger partial charge in [0, 0.05) is 12.0 Å². The Kier molecular flexibility index (Phi) is 5.39. The van der Waals surface area contributed by atoms with E-state index in [-0.39, 0.29) is 17.7 Å². The van der Waals surface area contributed by atoms with Gasteiger partial charge in [0.25, 0.3) is 10.0 Å². The van der Waals surface area contributed by atoms with Gasteiger partial charge < -0.3 is 5.11 Å². The van der Waals surface area contributed by atoms with Crippen LogP contribution in [0.2, 0.25) is 0 Å². The van der Waals surface area contributed by atoms with E-state index in [1.807, 2.05) is 0 Å². The van der Waals surface area contributed by atoms with E-state index in [1.54, 1.807) is 42.5 Å². The van der Waals surface area contributed by atoms with Crippen molar-refractivity contribution in [3.05, 3.63) is 60.2 Å². The lowest BCUT2D eigenvalue weighted by Crippen LogP contribution is -2.13. The number of nitrogens with one attached hydrogen (secondary N) is 1. The zero-order chi connectivity index (χ0) is 16.7. The summed E-state index contributed by atoms with van der Waals surface area (Å²) in [5, 5.41) is 8.58. The Morgan fingerprint density at radius 2 is 1.70 bits per heavy atom. The highest BCUT2D eigenvalue weighted by atomic mass is 32.2. The largest absolute Gasteiger partial charge is 0.481 e. The maximum absolute atomic E-state index is 12.3. The molecule has 5 nitrogen and oxygen atoms in total. The summed E-state index contributed by atoms with van der Waals surface area (Å²) in [5.74, 6) is 4.62. The monoisotopic (exact) mass is 329 g/mol. The van der Waals surface area contributed by atoms with Gasteiger partial charge in [-0.1, -0.05) is 42.2 Å². The summed E-state index contributed by atoms with van der Waals surface area (Å²) in [4.78, 5) is 10.6. The SMILES string of the molecule is O=C(O)CCC#Cc1ccccc1NS(=O)(=O)c1ccccc1. The standard InChI is InChI=1S/C17H15NO4S/c19-17(20)13-7-5-9-14-8-4-6-12-16(14)18-23(21,22)15-10-2-1-3-11-15/h1-4,6,8,10-12,18H,7,13H2,(H,19,20). The van der Waals surface area contributed by atoms with E-state index in [2.05, 4.69) is 16.6 Å². The molecular formula is C17H15NO4S. The van der Waals surface area contributed by atoms with Gasteiger partial charge in [0.15, 0.2) is 0 Å². The summed E-state index contributed by atoms with van der Waals surface area (Å²) in [6.45, 7) is 0. The van der Waals surface area contributed by atoms with Crippen LogP contribution in [-0.4, -0.2) is 19.5 Å². The first kappa shape index (κ1) is 16.6. The van der Waals surface area contributed by atoms with E-state index < -0.39 is 16.0 Å². The minimum Gasteiger partial charge on any atom is -0.481 e. The lowest BCUT2D eigenvalue weighted by molar-refractivity contribution is -0.136. The van der Waals surface area contributed by atoms with Crippen molar-refractivity contribution in [1.82, 2.24) is 0 Å². The number of aliphatic carboxylic acids is 1. The molecule has 0 atom stereocenters. The average molecular weight is 329 g/mol. The fourth-order valence-electron chi connectivity index (χ4n) is 1.81. The molecule has 0 unspecified atom stereocenters.